The second-order valence-electron chi connectivity index (χ2n) is 6.38. The van der Waals surface area contributed by atoms with Crippen molar-refractivity contribution in [2.75, 3.05) is 0 Å². The van der Waals surface area contributed by atoms with Gasteiger partial charge in [-0.2, -0.15) is 0 Å². The van der Waals surface area contributed by atoms with E-state index in [1.54, 1.807) is 11.1 Å². The van der Waals surface area contributed by atoms with Crippen LogP contribution in [0.4, 0.5) is 0 Å². The zero-order valence-corrected chi connectivity index (χ0v) is 13.9. The maximum absolute atomic E-state index is 3.90. The lowest BCUT2D eigenvalue weighted by molar-refractivity contribution is 0.580. The molecule has 0 atom stereocenters. The Morgan fingerprint density at radius 3 is 2.10 bits per heavy atom. The van der Waals surface area contributed by atoms with Crippen LogP contribution >= 0.6 is 0 Å². The Hall–Kier alpha value is -0.780. The summed E-state index contributed by atoms with van der Waals surface area (Å²) in [5, 5.41) is 0. The smallest absolute Gasteiger partial charge is 0.0213 e. The van der Waals surface area contributed by atoms with E-state index >= 15 is 0 Å². The Bertz CT molecular complexity index is 362. The standard InChI is InChI=1S/C20H33/c1-5-6-7-8-9-10-11-12-15-19-16-13-14-18(4)20(19)17(2)3/h13-14,16-17H,1,5-12,15H2,2-4H3. The first kappa shape index (κ1) is 17.3. The highest BCUT2D eigenvalue weighted by Crippen LogP contribution is 2.25. The molecular weight excluding hydrogens is 240 g/mol. The summed E-state index contributed by atoms with van der Waals surface area (Å²) in [6.45, 7) is 10.8. The van der Waals surface area contributed by atoms with Gasteiger partial charge in [-0.15, -0.1) is 0 Å². The van der Waals surface area contributed by atoms with Gasteiger partial charge in [0.05, 0.1) is 0 Å². The summed E-state index contributed by atoms with van der Waals surface area (Å²) < 4.78 is 0. The molecule has 20 heavy (non-hydrogen) atoms. The Morgan fingerprint density at radius 1 is 0.900 bits per heavy atom. The van der Waals surface area contributed by atoms with Gasteiger partial charge >= 0.3 is 0 Å². The van der Waals surface area contributed by atoms with Crippen LogP contribution in [0.5, 0.6) is 0 Å². The second-order valence-corrected chi connectivity index (χ2v) is 6.38. The zero-order valence-electron chi connectivity index (χ0n) is 13.9. The van der Waals surface area contributed by atoms with Gasteiger partial charge in [0.2, 0.25) is 0 Å². The zero-order chi connectivity index (χ0) is 14.8. The minimum absolute atomic E-state index is 0.647. The number of benzene rings is 1. The van der Waals surface area contributed by atoms with Gasteiger partial charge in [0.1, 0.15) is 0 Å². The molecule has 0 unspecified atom stereocenters. The summed E-state index contributed by atoms with van der Waals surface area (Å²) in [6, 6.07) is 6.80. The van der Waals surface area contributed by atoms with Crippen LogP contribution in [-0.4, -0.2) is 0 Å². The fraction of sp³-hybridized carbons (Fsp3) is 0.650. The minimum Gasteiger partial charge on any atom is -0.0617 e. The van der Waals surface area contributed by atoms with Crippen LogP contribution in [0.15, 0.2) is 18.2 Å². The molecule has 1 rings (SSSR count). The first-order valence-electron chi connectivity index (χ1n) is 8.54. The molecule has 0 fully saturated rings. The van der Waals surface area contributed by atoms with Crippen molar-refractivity contribution in [1.29, 1.82) is 0 Å². The fourth-order valence-corrected chi connectivity index (χ4v) is 3.16. The Kier molecular flexibility index (Phi) is 8.65. The van der Waals surface area contributed by atoms with Gasteiger partial charge in [0, 0.05) is 0 Å². The van der Waals surface area contributed by atoms with Crippen molar-refractivity contribution in [2.24, 2.45) is 0 Å². The molecule has 1 radical (unpaired) electrons. The third-order valence-electron chi connectivity index (χ3n) is 4.19. The lowest BCUT2D eigenvalue weighted by atomic mass is 9.90. The first-order chi connectivity index (χ1) is 9.66. The van der Waals surface area contributed by atoms with Crippen molar-refractivity contribution in [2.45, 2.75) is 84.5 Å². The van der Waals surface area contributed by atoms with E-state index < -0.39 is 0 Å². The van der Waals surface area contributed by atoms with Gasteiger partial charge in [0.15, 0.2) is 0 Å². The number of aryl methyl sites for hydroxylation is 2. The van der Waals surface area contributed by atoms with E-state index in [-0.39, 0.29) is 0 Å². The molecule has 113 valence electrons. The van der Waals surface area contributed by atoms with Crippen molar-refractivity contribution in [3.63, 3.8) is 0 Å². The SMILES string of the molecule is [CH2]CCCCCCCCCc1cccc(C)c1C(C)C. The molecule has 0 spiro atoms. The summed E-state index contributed by atoms with van der Waals surface area (Å²) >= 11 is 0. The van der Waals surface area contributed by atoms with Crippen LogP contribution in [-0.2, 0) is 6.42 Å². The maximum atomic E-state index is 3.90. The van der Waals surface area contributed by atoms with E-state index in [4.69, 9.17) is 0 Å². The lowest BCUT2D eigenvalue weighted by Crippen LogP contribution is -1.99. The normalized spacial score (nSPS) is 11.2. The number of rotatable bonds is 10. The highest BCUT2D eigenvalue weighted by molar-refractivity contribution is 5.36. The van der Waals surface area contributed by atoms with E-state index in [1.165, 1.54) is 56.9 Å². The number of hydrogen-bond donors (Lipinski definition) is 0. The summed E-state index contributed by atoms with van der Waals surface area (Å²) in [5.74, 6) is 0.647. The third-order valence-corrected chi connectivity index (χ3v) is 4.19. The molecule has 0 bridgehead atoms. The first-order valence-corrected chi connectivity index (χ1v) is 8.54. The van der Waals surface area contributed by atoms with E-state index in [0.717, 1.165) is 6.42 Å². The topological polar surface area (TPSA) is 0 Å². The van der Waals surface area contributed by atoms with Gasteiger partial charge in [-0.05, 0) is 42.4 Å². The number of unbranched alkanes of at least 4 members (excludes halogenated alkanes) is 7. The second kappa shape index (κ2) is 10.0. The molecule has 0 saturated heterocycles. The van der Waals surface area contributed by atoms with Crippen molar-refractivity contribution in [3.8, 4) is 0 Å². The van der Waals surface area contributed by atoms with E-state index in [2.05, 4.69) is 45.9 Å². The molecule has 0 amide bonds. The van der Waals surface area contributed by atoms with Crippen LogP contribution < -0.4 is 0 Å². The number of hydrogen-bond acceptors (Lipinski definition) is 0. The Labute approximate surface area is 127 Å². The van der Waals surface area contributed by atoms with Crippen LogP contribution in [0, 0.1) is 13.8 Å². The van der Waals surface area contributed by atoms with Gasteiger partial charge in [-0.3, -0.25) is 0 Å². The Balaban J connectivity index is 2.27. The molecule has 0 heteroatoms. The molecule has 1 aromatic carbocycles. The van der Waals surface area contributed by atoms with Crippen molar-refractivity contribution in [1.82, 2.24) is 0 Å². The van der Waals surface area contributed by atoms with Crippen molar-refractivity contribution < 1.29 is 0 Å². The minimum atomic E-state index is 0.647. The lowest BCUT2D eigenvalue weighted by Gasteiger charge is -2.15. The summed E-state index contributed by atoms with van der Waals surface area (Å²) in [7, 11) is 0. The average molecular weight is 273 g/mol. The molecular formula is C20H33. The molecule has 0 saturated carbocycles. The Morgan fingerprint density at radius 2 is 1.50 bits per heavy atom. The van der Waals surface area contributed by atoms with Gasteiger partial charge in [-0.1, -0.05) is 83.9 Å². The van der Waals surface area contributed by atoms with Crippen molar-refractivity contribution >= 4 is 0 Å². The van der Waals surface area contributed by atoms with Gasteiger partial charge in [-0.25, -0.2) is 0 Å². The van der Waals surface area contributed by atoms with Crippen LogP contribution in [0.2, 0.25) is 0 Å². The van der Waals surface area contributed by atoms with E-state index in [1.807, 2.05) is 0 Å². The van der Waals surface area contributed by atoms with E-state index in [9.17, 15) is 0 Å². The summed E-state index contributed by atoms with van der Waals surface area (Å²) in [4.78, 5) is 0. The molecule has 0 aliphatic carbocycles. The molecule has 0 aliphatic heterocycles. The molecule has 0 N–H and O–H groups in total. The highest BCUT2D eigenvalue weighted by Gasteiger charge is 2.08. The van der Waals surface area contributed by atoms with E-state index in [0.29, 0.717) is 5.92 Å². The fourth-order valence-electron chi connectivity index (χ4n) is 3.16. The van der Waals surface area contributed by atoms with Gasteiger partial charge in [0.25, 0.3) is 0 Å². The molecule has 0 nitrogen and oxygen atoms in total. The maximum Gasteiger partial charge on any atom is -0.0213 e. The summed E-state index contributed by atoms with van der Waals surface area (Å²) in [5.41, 5.74) is 4.63. The largest absolute Gasteiger partial charge is 0.0617 e. The highest BCUT2D eigenvalue weighted by atomic mass is 14.1. The molecule has 1 aromatic rings. The molecule has 0 aromatic heterocycles. The van der Waals surface area contributed by atoms with Crippen LogP contribution in [0.3, 0.4) is 0 Å². The van der Waals surface area contributed by atoms with Gasteiger partial charge < -0.3 is 0 Å². The van der Waals surface area contributed by atoms with Crippen LogP contribution in [0.1, 0.15) is 87.8 Å². The van der Waals surface area contributed by atoms with Crippen molar-refractivity contribution in [3.05, 3.63) is 41.8 Å². The summed E-state index contributed by atoms with van der Waals surface area (Å²) in [6.07, 6.45) is 12.0. The molecule has 0 heterocycles. The van der Waals surface area contributed by atoms with Crippen LogP contribution in [0.25, 0.3) is 0 Å². The average Bonchev–Trinajstić information content (AvgIpc) is 2.41. The predicted octanol–water partition coefficient (Wildman–Crippen LogP) is 6.62. The quantitative estimate of drug-likeness (QED) is 0.420. The monoisotopic (exact) mass is 273 g/mol. The molecule has 0 aliphatic rings. The predicted molar refractivity (Wildman–Crippen MR) is 91.3 cm³/mol. The third kappa shape index (κ3) is 6.11.